The minimum absolute atomic E-state index is 0.0619. The number of carbonyl (C=O) groups excluding carboxylic acids is 1. The van der Waals surface area contributed by atoms with E-state index >= 15 is 0 Å². The molecule has 118 valence electrons. The number of hydrogen-bond donors (Lipinski definition) is 2. The van der Waals surface area contributed by atoms with Crippen LogP contribution in [0.1, 0.15) is 37.5 Å². The van der Waals surface area contributed by atoms with Gasteiger partial charge < -0.3 is 10.6 Å². The van der Waals surface area contributed by atoms with Crippen molar-refractivity contribution in [2.75, 3.05) is 10.6 Å². The molecular weight excluding hydrogens is 284 g/mol. The third-order valence-electron chi connectivity index (χ3n) is 4.17. The molecule has 0 spiro atoms. The van der Waals surface area contributed by atoms with E-state index < -0.39 is 0 Å². The van der Waals surface area contributed by atoms with E-state index in [9.17, 15) is 4.79 Å². The van der Waals surface area contributed by atoms with Crippen molar-refractivity contribution in [2.45, 2.75) is 33.1 Å². The van der Waals surface area contributed by atoms with Crippen LogP contribution in [0, 0.1) is 6.92 Å². The number of carbonyl (C=O) groups is 1. The van der Waals surface area contributed by atoms with E-state index in [0.29, 0.717) is 5.57 Å². The highest BCUT2D eigenvalue weighted by Gasteiger charge is 2.25. The Bertz CT molecular complexity index is 780. The van der Waals surface area contributed by atoms with Crippen molar-refractivity contribution in [2.24, 2.45) is 0 Å². The van der Waals surface area contributed by atoms with Crippen molar-refractivity contribution in [3.63, 3.8) is 0 Å². The van der Waals surface area contributed by atoms with E-state index in [2.05, 4.69) is 43.5 Å². The van der Waals surface area contributed by atoms with E-state index in [4.69, 9.17) is 0 Å². The van der Waals surface area contributed by atoms with Gasteiger partial charge in [-0.05, 0) is 41.7 Å². The minimum atomic E-state index is -0.0619. The van der Waals surface area contributed by atoms with E-state index in [-0.39, 0.29) is 11.3 Å². The number of anilines is 2. The highest BCUT2D eigenvalue weighted by molar-refractivity contribution is 6.32. The summed E-state index contributed by atoms with van der Waals surface area (Å²) in [4.78, 5) is 12.2. The third-order valence-corrected chi connectivity index (χ3v) is 4.17. The molecule has 0 saturated heterocycles. The number of amides is 1. The zero-order valence-corrected chi connectivity index (χ0v) is 14.0. The zero-order chi connectivity index (χ0) is 16.6. The number of fused-ring (bicyclic) bond motifs is 1. The van der Waals surface area contributed by atoms with Gasteiger partial charge in [0.25, 0.3) is 5.91 Å². The second kappa shape index (κ2) is 5.58. The van der Waals surface area contributed by atoms with E-state index in [1.54, 1.807) is 6.20 Å². The molecule has 3 nitrogen and oxygen atoms in total. The Hall–Kier alpha value is -2.55. The van der Waals surface area contributed by atoms with Gasteiger partial charge in [-0.25, -0.2) is 0 Å². The van der Waals surface area contributed by atoms with Gasteiger partial charge in [0.2, 0.25) is 0 Å². The first kappa shape index (κ1) is 15.3. The molecule has 2 N–H and O–H groups in total. The van der Waals surface area contributed by atoms with Gasteiger partial charge in [-0.3, -0.25) is 4.79 Å². The molecule has 1 aliphatic heterocycles. The number of benzene rings is 2. The van der Waals surface area contributed by atoms with Crippen LogP contribution in [0.15, 0.2) is 48.7 Å². The van der Waals surface area contributed by atoms with Crippen molar-refractivity contribution in [3.8, 4) is 0 Å². The Kier molecular flexibility index (Phi) is 3.72. The molecule has 1 heterocycles. The van der Waals surface area contributed by atoms with Gasteiger partial charge >= 0.3 is 0 Å². The van der Waals surface area contributed by atoms with E-state index in [1.165, 1.54) is 5.56 Å². The predicted molar refractivity (Wildman–Crippen MR) is 96.6 cm³/mol. The molecule has 0 aromatic heterocycles. The summed E-state index contributed by atoms with van der Waals surface area (Å²) in [5.41, 5.74) is 6.03. The lowest BCUT2D eigenvalue weighted by Gasteiger charge is -2.19. The van der Waals surface area contributed by atoms with Crippen molar-refractivity contribution in [1.29, 1.82) is 0 Å². The molecule has 1 aliphatic rings. The molecule has 0 saturated carbocycles. The molecule has 0 fully saturated rings. The van der Waals surface area contributed by atoms with Crippen LogP contribution in [0.25, 0.3) is 5.57 Å². The summed E-state index contributed by atoms with van der Waals surface area (Å²) in [5, 5.41) is 6.15. The first-order valence-corrected chi connectivity index (χ1v) is 7.85. The van der Waals surface area contributed by atoms with Crippen molar-refractivity contribution >= 4 is 22.9 Å². The Labute approximate surface area is 137 Å². The number of hydrogen-bond acceptors (Lipinski definition) is 2. The van der Waals surface area contributed by atoms with Crippen LogP contribution in [0.2, 0.25) is 0 Å². The number of aryl methyl sites for hydroxylation is 1. The lowest BCUT2D eigenvalue weighted by Crippen LogP contribution is -2.10. The summed E-state index contributed by atoms with van der Waals surface area (Å²) in [6, 6.07) is 14.2. The summed E-state index contributed by atoms with van der Waals surface area (Å²) in [6.45, 7) is 8.60. The largest absolute Gasteiger partial charge is 0.361 e. The molecule has 3 heteroatoms. The summed E-state index contributed by atoms with van der Waals surface area (Å²) in [5.74, 6) is -0.0619. The van der Waals surface area contributed by atoms with Crippen LogP contribution in [0.4, 0.5) is 11.4 Å². The van der Waals surface area contributed by atoms with Crippen LogP contribution in [0.3, 0.4) is 0 Å². The van der Waals surface area contributed by atoms with Crippen molar-refractivity contribution < 1.29 is 4.79 Å². The Balaban J connectivity index is 1.85. The normalized spacial score (nSPS) is 15.5. The summed E-state index contributed by atoms with van der Waals surface area (Å²) >= 11 is 0. The van der Waals surface area contributed by atoms with Gasteiger partial charge in [0.05, 0.1) is 5.57 Å². The van der Waals surface area contributed by atoms with Gasteiger partial charge in [-0.15, -0.1) is 0 Å². The Morgan fingerprint density at radius 3 is 2.39 bits per heavy atom. The molecule has 2 aromatic rings. The minimum Gasteiger partial charge on any atom is -0.361 e. The van der Waals surface area contributed by atoms with Crippen LogP contribution >= 0.6 is 0 Å². The fourth-order valence-electron chi connectivity index (χ4n) is 2.79. The standard InChI is InChI=1S/C20H22N2O/c1-13-6-5-7-17-18(13)16(19(23)22-17)12-21-15-10-8-14(9-11-15)20(2,3)4/h5-12,21H,1-4H3,(H,22,23). The van der Waals surface area contributed by atoms with Crippen molar-refractivity contribution in [1.82, 2.24) is 0 Å². The van der Waals surface area contributed by atoms with Gasteiger partial charge in [-0.2, -0.15) is 0 Å². The molecule has 0 unspecified atom stereocenters. The summed E-state index contributed by atoms with van der Waals surface area (Å²) in [7, 11) is 0. The van der Waals surface area contributed by atoms with Gasteiger partial charge in [0.15, 0.2) is 0 Å². The zero-order valence-electron chi connectivity index (χ0n) is 14.0. The van der Waals surface area contributed by atoms with Crippen LogP contribution in [-0.2, 0) is 10.2 Å². The van der Waals surface area contributed by atoms with Gasteiger partial charge in [-0.1, -0.05) is 45.0 Å². The first-order valence-electron chi connectivity index (χ1n) is 7.85. The third kappa shape index (κ3) is 3.00. The Morgan fingerprint density at radius 1 is 1.04 bits per heavy atom. The lowest BCUT2D eigenvalue weighted by atomic mass is 9.87. The summed E-state index contributed by atoms with van der Waals surface area (Å²) in [6.07, 6.45) is 1.79. The lowest BCUT2D eigenvalue weighted by molar-refractivity contribution is -0.110. The maximum Gasteiger partial charge on any atom is 0.257 e. The summed E-state index contributed by atoms with van der Waals surface area (Å²) < 4.78 is 0. The SMILES string of the molecule is Cc1cccc2c1C(=CNc1ccc(C(C)(C)C)cc1)C(=O)N2. The van der Waals surface area contributed by atoms with Crippen LogP contribution < -0.4 is 10.6 Å². The molecule has 3 rings (SSSR count). The second-order valence-electron chi connectivity index (χ2n) is 6.98. The molecule has 23 heavy (non-hydrogen) atoms. The second-order valence-corrected chi connectivity index (χ2v) is 6.98. The van der Waals surface area contributed by atoms with Crippen molar-refractivity contribution in [3.05, 3.63) is 65.4 Å². The maximum atomic E-state index is 12.2. The maximum absolute atomic E-state index is 12.2. The van der Waals surface area contributed by atoms with Gasteiger partial charge in [0, 0.05) is 23.1 Å². The van der Waals surface area contributed by atoms with Crippen LogP contribution in [0.5, 0.6) is 0 Å². The monoisotopic (exact) mass is 306 g/mol. The fraction of sp³-hybridized carbons (Fsp3) is 0.250. The average molecular weight is 306 g/mol. The molecule has 0 atom stereocenters. The predicted octanol–water partition coefficient (Wildman–Crippen LogP) is 4.70. The smallest absolute Gasteiger partial charge is 0.257 e. The molecular formula is C20H22N2O. The van der Waals surface area contributed by atoms with E-state index in [1.807, 2.05) is 37.3 Å². The average Bonchev–Trinajstić information content (AvgIpc) is 2.81. The van der Waals surface area contributed by atoms with Crippen LogP contribution in [-0.4, -0.2) is 5.91 Å². The van der Waals surface area contributed by atoms with Gasteiger partial charge in [0.1, 0.15) is 0 Å². The fourth-order valence-corrected chi connectivity index (χ4v) is 2.79. The number of nitrogens with one attached hydrogen (secondary N) is 2. The van der Waals surface area contributed by atoms with E-state index in [0.717, 1.165) is 22.5 Å². The molecule has 2 aromatic carbocycles. The molecule has 0 bridgehead atoms. The topological polar surface area (TPSA) is 41.1 Å². The quantitative estimate of drug-likeness (QED) is 0.790. The highest BCUT2D eigenvalue weighted by Crippen LogP contribution is 2.34. The number of rotatable bonds is 2. The Morgan fingerprint density at radius 2 is 1.74 bits per heavy atom. The molecule has 1 amide bonds. The first-order chi connectivity index (χ1) is 10.9. The molecule has 0 radical (unpaired) electrons. The molecule has 0 aliphatic carbocycles. The highest BCUT2D eigenvalue weighted by atomic mass is 16.2.